The molecule has 2 rings (SSSR count). The molecule has 0 spiro atoms. The first-order valence-corrected chi connectivity index (χ1v) is 14.9. The SMILES string of the molecule is O=C(CCCCC(=O)NCCCNCCCNCCCNCCCNCc1ccccc1-c1ccccc1)NO. The van der Waals surface area contributed by atoms with E-state index in [1.165, 1.54) is 16.7 Å². The number of hydrogen-bond donors (Lipinski definition) is 7. The summed E-state index contributed by atoms with van der Waals surface area (Å²) < 4.78 is 0. The lowest BCUT2D eigenvalue weighted by atomic mass is 10.00. The summed E-state index contributed by atoms with van der Waals surface area (Å²) in [5.74, 6) is -0.397. The minimum atomic E-state index is -0.411. The second kappa shape index (κ2) is 22.9. The summed E-state index contributed by atoms with van der Waals surface area (Å²) in [7, 11) is 0. The molecule has 0 bridgehead atoms. The zero-order valence-electron chi connectivity index (χ0n) is 24.0. The smallest absolute Gasteiger partial charge is 0.243 e. The van der Waals surface area contributed by atoms with Gasteiger partial charge >= 0.3 is 0 Å². The number of carbonyl (C=O) groups is 2. The van der Waals surface area contributed by atoms with Crippen LogP contribution in [0.25, 0.3) is 11.1 Å². The lowest BCUT2D eigenvalue weighted by Crippen LogP contribution is -2.29. The third-order valence-corrected chi connectivity index (χ3v) is 6.57. The fraction of sp³-hybridized carbons (Fsp3) is 0.548. The molecule has 9 heteroatoms. The van der Waals surface area contributed by atoms with Gasteiger partial charge in [-0.05, 0) is 101 Å². The van der Waals surface area contributed by atoms with Crippen LogP contribution >= 0.6 is 0 Å². The van der Waals surface area contributed by atoms with E-state index >= 15 is 0 Å². The summed E-state index contributed by atoms with van der Waals surface area (Å²) in [4.78, 5) is 22.6. The van der Waals surface area contributed by atoms with E-state index in [9.17, 15) is 9.59 Å². The predicted octanol–water partition coefficient (Wildman–Crippen LogP) is 2.95. The van der Waals surface area contributed by atoms with Crippen LogP contribution in [0.1, 0.15) is 56.9 Å². The minimum Gasteiger partial charge on any atom is -0.356 e. The van der Waals surface area contributed by atoms with Crippen molar-refractivity contribution in [1.82, 2.24) is 32.1 Å². The molecule has 0 saturated carbocycles. The van der Waals surface area contributed by atoms with Crippen LogP contribution in [0.5, 0.6) is 0 Å². The van der Waals surface area contributed by atoms with Crippen LogP contribution in [0.4, 0.5) is 0 Å². The van der Waals surface area contributed by atoms with Crippen molar-refractivity contribution in [2.75, 3.05) is 52.4 Å². The van der Waals surface area contributed by atoms with Gasteiger partial charge in [-0.2, -0.15) is 0 Å². The van der Waals surface area contributed by atoms with Gasteiger partial charge in [0, 0.05) is 25.9 Å². The molecule has 0 saturated heterocycles. The Balaban J connectivity index is 1.30. The number of nitrogens with one attached hydrogen (secondary N) is 6. The van der Waals surface area contributed by atoms with Gasteiger partial charge in [0.15, 0.2) is 0 Å². The molecule has 2 aromatic rings. The van der Waals surface area contributed by atoms with Gasteiger partial charge in [-0.15, -0.1) is 0 Å². The number of amides is 2. The summed E-state index contributed by atoms with van der Waals surface area (Å²) in [5, 5.41) is 25.3. The largest absolute Gasteiger partial charge is 0.356 e. The Morgan fingerprint density at radius 1 is 0.550 bits per heavy atom. The number of hydroxylamine groups is 1. The third-order valence-electron chi connectivity index (χ3n) is 6.57. The van der Waals surface area contributed by atoms with Gasteiger partial charge in [-0.1, -0.05) is 54.6 Å². The van der Waals surface area contributed by atoms with Gasteiger partial charge in [0.2, 0.25) is 11.8 Å². The highest BCUT2D eigenvalue weighted by molar-refractivity contribution is 5.76. The van der Waals surface area contributed by atoms with Crippen LogP contribution in [0.15, 0.2) is 54.6 Å². The Morgan fingerprint density at radius 3 is 1.65 bits per heavy atom. The average Bonchev–Trinajstić information content (AvgIpc) is 2.99. The van der Waals surface area contributed by atoms with Gasteiger partial charge in [0.1, 0.15) is 0 Å². The summed E-state index contributed by atoms with van der Waals surface area (Å²) in [6.07, 6.45) is 6.11. The first kappa shape index (κ1) is 33.4. The molecule has 7 N–H and O–H groups in total. The molecular formula is C31H50N6O3. The molecule has 0 atom stereocenters. The fourth-order valence-corrected chi connectivity index (χ4v) is 4.34. The maximum absolute atomic E-state index is 11.7. The van der Waals surface area contributed by atoms with E-state index in [1.807, 2.05) is 0 Å². The topological polar surface area (TPSA) is 127 Å². The molecule has 0 aliphatic heterocycles. The van der Waals surface area contributed by atoms with E-state index in [0.717, 1.165) is 78.0 Å². The number of hydrogen-bond acceptors (Lipinski definition) is 7. The van der Waals surface area contributed by atoms with Gasteiger partial charge in [0.05, 0.1) is 0 Å². The maximum atomic E-state index is 11.7. The molecule has 0 heterocycles. The van der Waals surface area contributed by atoms with Crippen molar-refractivity contribution in [3.05, 3.63) is 60.2 Å². The highest BCUT2D eigenvalue weighted by Gasteiger charge is 2.04. The first-order chi connectivity index (χ1) is 19.7. The molecule has 2 aromatic carbocycles. The van der Waals surface area contributed by atoms with E-state index in [2.05, 4.69) is 81.2 Å². The maximum Gasteiger partial charge on any atom is 0.243 e. The Morgan fingerprint density at radius 2 is 1.05 bits per heavy atom. The second-order valence-electron chi connectivity index (χ2n) is 9.96. The normalized spacial score (nSPS) is 10.9. The molecule has 0 unspecified atom stereocenters. The van der Waals surface area contributed by atoms with Crippen molar-refractivity contribution in [3.63, 3.8) is 0 Å². The summed E-state index contributed by atoms with van der Waals surface area (Å²) in [5.41, 5.74) is 5.50. The molecule has 0 aliphatic carbocycles. The van der Waals surface area contributed by atoms with Gasteiger partial charge in [-0.3, -0.25) is 14.8 Å². The van der Waals surface area contributed by atoms with Gasteiger partial charge in [-0.25, -0.2) is 5.48 Å². The zero-order valence-corrected chi connectivity index (χ0v) is 24.0. The van der Waals surface area contributed by atoms with Crippen molar-refractivity contribution in [1.29, 1.82) is 0 Å². The van der Waals surface area contributed by atoms with Crippen molar-refractivity contribution in [2.45, 2.75) is 57.9 Å². The van der Waals surface area contributed by atoms with Gasteiger partial charge in [0.25, 0.3) is 0 Å². The zero-order chi connectivity index (χ0) is 28.5. The molecule has 0 aromatic heterocycles. The summed E-state index contributed by atoms with van der Waals surface area (Å²) in [6.45, 7) is 8.49. The van der Waals surface area contributed by atoms with Gasteiger partial charge < -0.3 is 26.6 Å². The Bertz CT molecular complexity index is 928. The van der Waals surface area contributed by atoms with E-state index in [-0.39, 0.29) is 12.3 Å². The molecule has 222 valence electrons. The summed E-state index contributed by atoms with van der Waals surface area (Å²) in [6, 6.07) is 19.2. The van der Waals surface area contributed by atoms with E-state index in [0.29, 0.717) is 25.8 Å². The van der Waals surface area contributed by atoms with Crippen molar-refractivity contribution in [2.24, 2.45) is 0 Å². The molecule has 0 aliphatic rings. The first-order valence-electron chi connectivity index (χ1n) is 14.9. The second-order valence-corrected chi connectivity index (χ2v) is 9.96. The molecule has 0 fully saturated rings. The van der Waals surface area contributed by atoms with E-state index < -0.39 is 5.91 Å². The van der Waals surface area contributed by atoms with Crippen LogP contribution in [0, 0.1) is 0 Å². The van der Waals surface area contributed by atoms with Crippen LogP contribution in [-0.4, -0.2) is 69.4 Å². The standard InChI is InChI=1S/C31H50N6O3/c38-30(16-6-7-17-31(39)37-40)36-25-11-23-34-21-9-19-32-18-8-20-33-22-10-24-35-26-28-14-4-5-15-29(28)27-12-2-1-3-13-27/h1-5,12-15,32-35,40H,6-11,16-26H2,(H,36,38)(H,37,39). The highest BCUT2D eigenvalue weighted by atomic mass is 16.5. The average molecular weight is 555 g/mol. The molecule has 0 radical (unpaired) electrons. The van der Waals surface area contributed by atoms with Crippen molar-refractivity contribution in [3.8, 4) is 11.1 Å². The Hall–Kier alpha value is -2.82. The van der Waals surface area contributed by atoms with E-state index in [1.54, 1.807) is 5.48 Å². The number of unbranched alkanes of at least 4 members (excludes halogenated alkanes) is 1. The monoisotopic (exact) mass is 554 g/mol. The predicted molar refractivity (Wildman–Crippen MR) is 162 cm³/mol. The Kier molecular flexibility index (Phi) is 19.1. The molecule has 40 heavy (non-hydrogen) atoms. The quantitative estimate of drug-likeness (QED) is 0.0604. The van der Waals surface area contributed by atoms with Crippen LogP contribution in [0.3, 0.4) is 0 Å². The molecular weight excluding hydrogens is 504 g/mol. The van der Waals surface area contributed by atoms with Crippen molar-refractivity contribution < 1.29 is 14.8 Å². The van der Waals surface area contributed by atoms with Crippen LogP contribution in [0.2, 0.25) is 0 Å². The summed E-state index contributed by atoms with van der Waals surface area (Å²) >= 11 is 0. The Labute approximate surface area is 240 Å². The lowest BCUT2D eigenvalue weighted by molar-refractivity contribution is -0.129. The molecule has 2 amide bonds. The highest BCUT2D eigenvalue weighted by Crippen LogP contribution is 2.23. The third kappa shape index (κ3) is 16.3. The van der Waals surface area contributed by atoms with E-state index in [4.69, 9.17) is 5.21 Å². The number of carbonyl (C=O) groups excluding carboxylic acids is 2. The number of benzene rings is 2. The molecule has 9 nitrogen and oxygen atoms in total. The number of rotatable bonds is 24. The fourth-order valence-electron chi connectivity index (χ4n) is 4.34. The van der Waals surface area contributed by atoms with Crippen molar-refractivity contribution >= 4 is 11.8 Å². The van der Waals surface area contributed by atoms with Crippen LogP contribution in [-0.2, 0) is 16.1 Å². The lowest BCUT2D eigenvalue weighted by Gasteiger charge is -2.11. The van der Waals surface area contributed by atoms with Crippen LogP contribution < -0.4 is 32.1 Å². The minimum absolute atomic E-state index is 0.0143.